The zero-order valence-electron chi connectivity index (χ0n) is 18.0. The van der Waals surface area contributed by atoms with Crippen LogP contribution in [0.1, 0.15) is 61.3 Å². The Morgan fingerprint density at radius 2 is 1.91 bits per heavy atom. The van der Waals surface area contributed by atoms with Crippen LogP contribution in [-0.4, -0.2) is 24.3 Å². The van der Waals surface area contributed by atoms with Crippen molar-refractivity contribution in [3.8, 4) is 5.75 Å². The maximum Gasteiger partial charge on any atom is 0.341 e. The van der Waals surface area contributed by atoms with Crippen molar-refractivity contribution in [2.24, 2.45) is 0 Å². The van der Waals surface area contributed by atoms with E-state index in [2.05, 4.69) is 5.32 Å². The molecule has 1 amide bonds. The molecule has 0 bridgehead atoms. The van der Waals surface area contributed by atoms with Gasteiger partial charge in [-0.3, -0.25) is 9.59 Å². The van der Waals surface area contributed by atoms with Crippen LogP contribution in [0.2, 0.25) is 5.02 Å². The third-order valence-electron chi connectivity index (χ3n) is 4.57. The molecule has 2 aromatic heterocycles. The highest BCUT2D eigenvalue weighted by atomic mass is 35.5. The second-order valence-corrected chi connectivity index (χ2v) is 8.41. The van der Waals surface area contributed by atoms with E-state index in [0.29, 0.717) is 27.0 Å². The number of esters is 1. The molecule has 1 N–H and O–H groups in total. The molecular weight excluding hydrogens is 454 g/mol. The number of carbonyl (C=O) groups is 3. The predicted octanol–water partition coefficient (Wildman–Crippen LogP) is 5.82. The number of furan rings is 1. The number of halogens is 1. The molecule has 9 heteroatoms. The second kappa shape index (κ2) is 10.0. The van der Waals surface area contributed by atoms with Crippen LogP contribution in [0.4, 0.5) is 5.00 Å². The molecule has 3 rings (SSSR count). The van der Waals surface area contributed by atoms with Gasteiger partial charge in [0.1, 0.15) is 23.1 Å². The van der Waals surface area contributed by atoms with Crippen molar-refractivity contribution in [3.05, 3.63) is 68.4 Å². The number of amides is 1. The molecule has 2 heterocycles. The Morgan fingerprint density at radius 1 is 1.16 bits per heavy atom. The lowest BCUT2D eigenvalue weighted by atomic mass is 10.1. The first kappa shape index (κ1) is 23.6. The fourth-order valence-electron chi connectivity index (χ4n) is 3.05. The van der Waals surface area contributed by atoms with Crippen molar-refractivity contribution in [1.29, 1.82) is 0 Å². The summed E-state index contributed by atoms with van der Waals surface area (Å²) in [6.07, 6.45) is 0. The standard InChI is InChI=1S/C23H22ClNO6S/c1-5-29-23(28)19-13(3)20(14(4)26)32-22(19)25-21(27)18-9-7-16(31-18)11-30-17-8-6-15(24)10-12(17)2/h6-10H,5,11H2,1-4H3,(H,25,27). The number of hydrogen-bond acceptors (Lipinski definition) is 7. The molecule has 0 saturated carbocycles. The lowest BCUT2D eigenvalue weighted by molar-refractivity contribution is 0.0527. The van der Waals surface area contributed by atoms with Crippen LogP contribution in [-0.2, 0) is 11.3 Å². The number of ether oxygens (including phenoxy) is 2. The molecular formula is C23H22ClNO6S. The minimum atomic E-state index is -0.601. The number of rotatable bonds is 8. The Morgan fingerprint density at radius 3 is 2.56 bits per heavy atom. The molecule has 0 aliphatic heterocycles. The summed E-state index contributed by atoms with van der Waals surface area (Å²) >= 11 is 6.98. The number of thiophene rings is 1. The van der Waals surface area contributed by atoms with Crippen LogP contribution in [0.3, 0.4) is 0 Å². The summed E-state index contributed by atoms with van der Waals surface area (Å²) in [5.74, 6) is -0.213. The minimum absolute atomic E-state index is 0.0432. The molecule has 0 saturated heterocycles. The Hall–Kier alpha value is -3.10. The third kappa shape index (κ3) is 5.20. The quantitative estimate of drug-likeness (QED) is 0.325. The topological polar surface area (TPSA) is 94.8 Å². The number of Topliss-reactive ketones (excluding diaryl/α,β-unsaturated/α-hetero) is 1. The second-order valence-electron chi connectivity index (χ2n) is 6.96. The summed E-state index contributed by atoms with van der Waals surface area (Å²) in [6, 6.07) is 8.42. The van der Waals surface area contributed by atoms with E-state index in [1.165, 1.54) is 13.0 Å². The number of anilines is 1. The van der Waals surface area contributed by atoms with Crippen molar-refractivity contribution in [2.45, 2.75) is 34.3 Å². The molecule has 168 valence electrons. The van der Waals surface area contributed by atoms with Gasteiger partial charge in [-0.2, -0.15) is 0 Å². The molecule has 0 aliphatic rings. The van der Waals surface area contributed by atoms with Gasteiger partial charge < -0.3 is 19.2 Å². The summed E-state index contributed by atoms with van der Waals surface area (Å²) < 4.78 is 16.4. The molecule has 0 unspecified atom stereocenters. The van der Waals surface area contributed by atoms with Gasteiger partial charge in [-0.05, 0) is 69.2 Å². The molecule has 0 fully saturated rings. The van der Waals surface area contributed by atoms with Gasteiger partial charge in [0.2, 0.25) is 0 Å². The smallest absolute Gasteiger partial charge is 0.341 e. The first-order chi connectivity index (χ1) is 15.2. The number of carbonyl (C=O) groups excluding carboxylic acids is 3. The van der Waals surface area contributed by atoms with Gasteiger partial charge in [0.25, 0.3) is 5.91 Å². The summed E-state index contributed by atoms with van der Waals surface area (Å²) in [7, 11) is 0. The summed E-state index contributed by atoms with van der Waals surface area (Å²) in [4.78, 5) is 37.4. The number of ketones is 1. The van der Waals surface area contributed by atoms with E-state index in [-0.39, 0.29) is 35.3 Å². The van der Waals surface area contributed by atoms with E-state index < -0.39 is 11.9 Å². The van der Waals surface area contributed by atoms with Crippen molar-refractivity contribution < 1.29 is 28.3 Å². The third-order valence-corrected chi connectivity index (χ3v) is 6.11. The van der Waals surface area contributed by atoms with Crippen LogP contribution >= 0.6 is 22.9 Å². The Kier molecular flexibility index (Phi) is 7.37. The number of benzene rings is 1. The zero-order valence-corrected chi connectivity index (χ0v) is 19.6. The van der Waals surface area contributed by atoms with Gasteiger partial charge in [-0.15, -0.1) is 11.3 Å². The van der Waals surface area contributed by atoms with E-state index in [4.69, 9.17) is 25.5 Å². The zero-order chi connectivity index (χ0) is 23.4. The Labute approximate surface area is 194 Å². The van der Waals surface area contributed by atoms with Crippen LogP contribution in [0, 0.1) is 13.8 Å². The highest BCUT2D eigenvalue weighted by molar-refractivity contribution is 7.18. The average molecular weight is 476 g/mol. The molecule has 0 atom stereocenters. The van der Waals surface area contributed by atoms with Crippen molar-refractivity contribution in [2.75, 3.05) is 11.9 Å². The fourth-order valence-corrected chi connectivity index (χ4v) is 4.36. The van der Waals surface area contributed by atoms with Crippen molar-refractivity contribution in [3.63, 3.8) is 0 Å². The van der Waals surface area contributed by atoms with E-state index in [9.17, 15) is 14.4 Å². The molecule has 3 aromatic rings. The van der Waals surface area contributed by atoms with Gasteiger partial charge in [-0.1, -0.05) is 11.6 Å². The lowest BCUT2D eigenvalue weighted by Crippen LogP contribution is -2.14. The fraction of sp³-hybridized carbons (Fsp3) is 0.261. The van der Waals surface area contributed by atoms with Gasteiger partial charge in [0.05, 0.1) is 17.0 Å². The highest BCUT2D eigenvalue weighted by Crippen LogP contribution is 2.34. The molecule has 0 spiro atoms. The first-order valence-corrected chi connectivity index (χ1v) is 11.0. The van der Waals surface area contributed by atoms with Gasteiger partial charge in [0.15, 0.2) is 11.5 Å². The van der Waals surface area contributed by atoms with E-state index in [0.717, 1.165) is 16.9 Å². The Bertz CT molecular complexity index is 1180. The summed E-state index contributed by atoms with van der Waals surface area (Å²) in [6.45, 7) is 6.90. The normalized spacial score (nSPS) is 10.7. The van der Waals surface area contributed by atoms with Crippen molar-refractivity contribution >= 4 is 45.6 Å². The maximum absolute atomic E-state index is 12.7. The molecule has 0 radical (unpaired) electrons. The van der Waals surface area contributed by atoms with Gasteiger partial charge in [-0.25, -0.2) is 4.79 Å². The number of aryl methyl sites for hydroxylation is 1. The van der Waals surface area contributed by atoms with Crippen molar-refractivity contribution in [1.82, 2.24) is 0 Å². The van der Waals surface area contributed by atoms with E-state index >= 15 is 0 Å². The first-order valence-electron chi connectivity index (χ1n) is 9.81. The van der Waals surface area contributed by atoms with Gasteiger partial charge in [0, 0.05) is 5.02 Å². The van der Waals surface area contributed by atoms with E-state index in [1.807, 2.05) is 6.92 Å². The van der Waals surface area contributed by atoms with Crippen LogP contribution in [0.25, 0.3) is 0 Å². The monoisotopic (exact) mass is 475 g/mol. The predicted molar refractivity (Wildman–Crippen MR) is 122 cm³/mol. The summed E-state index contributed by atoms with van der Waals surface area (Å²) in [5.41, 5.74) is 1.52. The number of hydrogen-bond donors (Lipinski definition) is 1. The minimum Gasteiger partial charge on any atom is -0.485 e. The molecule has 32 heavy (non-hydrogen) atoms. The molecule has 0 aliphatic carbocycles. The molecule has 7 nitrogen and oxygen atoms in total. The Balaban J connectivity index is 1.75. The maximum atomic E-state index is 12.7. The van der Waals surface area contributed by atoms with Crippen LogP contribution in [0.5, 0.6) is 5.75 Å². The highest BCUT2D eigenvalue weighted by Gasteiger charge is 2.26. The van der Waals surface area contributed by atoms with E-state index in [1.54, 1.807) is 38.1 Å². The van der Waals surface area contributed by atoms with Gasteiger partial charge >= 0.3 is 5.97 Å². The number of nitrogens with one attached hydrogen (secondary N) is 1. The lowest BCUT2D eigenvalue weighted by Gasteiger charge is -2.08. The molecule has 1 aromatic carbocycles. The van der Waals surface area contributed by atoms with Crippen LogP contribution in [0.15, 0.2) is 34.7 Å². The largest absolute Gasteiger partial charge is 0.485 e. The SMILES string of the molecule is CCOC(=O)c1c(NC(=O)c2ccc(COc3ccc(Cl)cc3C)o2)sc(C(C)=O)c1C. The summed E-state index contributed by atoms with van der Waals surface area (Å²) in [5, 5.41) is 3.52. The van der Waals surface area contributed by atoms with Crippen LogP contribution < -0.4 is 10.1 Å². The average Bonchev–Trinajstić information content (AvgIpc) is 3.32.